The molecule has 0 aromatic rings. The fourth-order valence-corrected chi connectivity index (χ4v) is 12.5. The molecule has 1 radical (unpaired) electrons. The topological polar surface area (TPSA) is 273 Å². The molecule has 4 aliphatic carbocycles. The van der Waals surface area contributed by atoms with Gasteiger partial charge in [0, 0.05) is 71.1 Å². The number of nitrogens with one attached hydrogen (secondary N) is 6. The maximum Gasteiger partial charge on any atom is 2.00 e. The van der Waals surface area contributed by atoms with Gasteiger partial charge in [-0.25, -0.2) is 0 Å². The van der Waals surface area contributed by atoms with E-state index in [9.17, 15) is 40.5 Å². The molecule has 5 heterocycles. The van der Waals surface area contributed by atoms with Crippen molar-refractivity contribution < 1.29 is 36.8 Å². The fourth-order valence-electron chi connectivity index (χ4n) is 12.5. The number of nitro groups is 4. The van der Waals surface area contributed by atoms with Crippen molar-refractivity contribution in [3.63, 3.8) is 0 Å². The van der Waals surface area contributed by atoms with Crippen LogP contribution in [0, 0.1) is 87.8 Å². The largest absolute Gasteiger partial charge is 2.00 e. The minimum absolute atomic E-state index is 0. The summed E-state index contributed by atoms with van der Waals surface area (Å²) in [7, 11) is 0. The molecule has 6 N–H and O–H groups in total. The number of hydrogen-bond acceptors (Lipinski definition) is 14. The Bertz CT molecular complexity index is 1250. The van der Waals surface area contributed by atoms with Crippen LogP contribution in [0.1, 0.15) is 77.0 Å². The third kappa shape index (κ3) is 6.75. The molecule has 20 unspecified atom stereocenters. The molecular weight excluding hydrogens is 744 g/mol. The number of hydrogen-bond donors (Lipinski definition) is 6. The van der Waals surface area contributed by atoms with Crippen LogP contribution in [0.25, 0.3) is 10.6 Å². The fraction of sp³-hybridized carbons (Fsp3) is 1.00. The van der Waals surface area contributed by atoms with E-state index in [0.29, 0.717) is 77.0 Å². The molecule has 0 amide bonds. The van der Waals surface area contributed by atoms with E-state index < -0.39 is 30.3 Å². The Morgan fingerprint density at radius 1 is 0.358 bits per heavy atom. The van der Waals surface area contributed by atoms with Crippen LogP contribution in [0.5, 0.6) is 0 Å². The summed E-state index contributed by atoms with van der Waals surface area (Å²) in [6.45, 7) is 0. The van der Waals surface area contributed by atoms with E-state index in [1.807, 2.05) is 0 Å². The average molecular weight is 794 g/mol. The second kappa shape index (κ2) is 14.7. The van der Waals surface area contributed by atoms with Crippen LogP contribution in [0.4, 0.5) is 0 Å². The first-order valence-electron chi connectivity index (χ1n) is 19.5. The summed E-state index contributed by atoms with van der Waals surface area (Å²) in [5.74, 6) is -0.0989. The summed E-state index contributed by atoms with van der Waals surface area (Å²) in [5.41, 5.74) is 0. The Morgan fingerprint density at radius 3 is 1.06 bits per heavy atom. The summed E-state index contributed by atoms with van der Waals surface area (Å²) in [5, 5.41) is 81.3. The van der Waals surface area contributed by atoms with Crippen molar-refractivity contribution in [1.82, 2.24) is 31.9 Å². The van der Waals surface area contributed by atoms with Gasteiger partial charge in [0.15, 0.2) is 0 Å². The summed E-state index contributed by atoms with van der Waals surface area (Å²) < 4.78 is 0. The Balaban J connectivity index is 0.00000400. The number of nitrogens with zero attached hydrogens (tertiary/aromatic N) is 6. The van der Waals surface area contributed by atoms with Gasteiger partial charge in [-0.05, 0) is 73.0 Å². The van der Waals surface area contributed by atoms with Crippen molar-refractivity contribution in [1.29, 1.82) is 0 Å². The van der Waals surface area contributed by atoms with Crippen LogP contribution in [0.2, 0.25) is 0 Å². The minimum atomic E-state index is -0.659. The first-order valence-corrected chi connectivity index (χ1v) is 19.5. The van der Waals surface area contributed by atoms with Gasteiger partial charge in [-0.2, -0.15) is 0 Å². The van der Waals surface area contributed by atoms with Crippen molar-refractivity contribution in [2.24, 2.45) is 47.3 Å². The zero-order chi connectivity index (χ0) is 36.0. The smallest absolute Gasteiger partial charge is 0.632 e. The summed E-state index contributed by atoms with van der Waals surface area (Å²) in [6, 6.07) is -2.60. The molecule has 9 fully saturated rings. The van der Waals surface area contributed by atoms with Crippen LogP contribution in [0.15, 0.2) is 0 Å². The third-order valence-corrected chi connectivity index (χ3v) is 15.0. The predicted octanol–water partition coefficient (Wildman–Crippen LogP) is 1.19. The van der Waals surface area contributed by atoms with Crippen molar-refractivity contribution in [2.45, 2.75) is 151 Å². The molecule has 5 saturated heterocycles. The molecule has 0 aromatic carbocycles. The van der Waals surface area contributed by atoms with Crippen LogP contribution in [-0.4, -0.2) is 93.2 Å². The quantitative estimate of drug-likeness (QED) is 0.133. The monoisotopic (exact) mass is 793 g/mol. The molecule has 0 spiro atoms. The molecule has 9 rings (SSSR count). The molecule has 297 valence electrons. The molecule has 53 heavy (non-hydrogen) atoms. The van der Waals surface area contributed by atoms with E-state index in [1.165, 1.54) is 0 Å². The van der Waals surface area contributed by atoms with Crippen LogP contribution < -0.4 is 31.9 Å². The second-order valence-corrected chi connectivity index (χ2v) is 17.3. The summed E-state index contributed by atoms with van der Waals surface area (Å²) in [4.78, 5) is 47.4. The Labute approximate surface area is 317 Å². The van der Waals surface area contributed by atoms with E-state index in [0.717, 1.165) is 0 Å². The van der Waals surface area contributed by atoms with Gasteiger partial charge in [-0.1, -0.05) is 24.7 Å². The van der Waals surface area contributed by atoms with Crippen molar-refractivity contribution in [3.8, 4) is 0 Å². The van der Waals surface area contributed by atoms with Crippen LogP contribution in [-0.2, 0) is 17.1 Å². The second-order valence-electron chi connectivity index (χ2n) is 17.3. The third-order valence-electron chi connectivity index (χ3n) is 15.0. The summed E-state index contributed by atoms with van der Waals surface area (Å²) >= 11 is 0. The molecule has 9 aliphatic rings. The van der Waals surface area contributed by atoms with Gasteiger partial charge in [-0.3, -0.25) is 56.4 Å². The van der Waals surface area contributed by atoms with E-state index in [2.05, 4.69) is 31.9 Å². The first-order chi connectivity index (χ1) is 25.0. The summed E-state index contributed by atoms with van der Waals surface area (Å²) in [6.07, 6.45) is 3.60. The molecular formula is C32H50CuN12O8. The van der Waals surface area contributed by atoms with Gasteiger partial charge in [-0.15, -0.1) is 0 Å². The van der Waals surface area contributed by atoms with Gasteiger partial charge < -0.3 is 26.6 Å². The molecule has 0 aromatic heterocycles. The van der Waals surface area contributed by atoms with Crippen molar-refractivity contribution in [2.75, 3.05) is 0 Å². The molecule has 21 heteroatoms. The number of rotatable bonds is 4. The maximum absolute atomic E-state index is 12.0. The molecule has 20 nitrogen and oxygen atoms in total. The molecule has 5 aliphatic heterocycles. The molecule has 20 atom stereocenters. The molecule has 4 saturated carbocycles. The predicted molar refractivity (Wildman–Crippen MR) is 182 cm³/mol. The number of fused-ring (bicyclic) bond motifs is 20. The molecule has 8 bridgehead atoms. The van der Waals surface area contributed by atoms with Gasteiger partial charge in [0.05, 0.1) is 24.7 Å². The minimum Gasteiger partial charge on any atom is -0.632 e. The van der Waals surface area contributed by atoms with Gasteiger partial charge >= 0.3 is 17.1 Å². The van der Waals surface area contributed by atoms with E-state index in [-0.39, 0.29) is 127 Å². The van der Waals surface area contributed by atoms with Gasteiger partial charge in [0.1, 0.15) is 0 Å². The Kier molecular flexibility index (Phi) is 10.5. The SMILES string of the molecule is O=[N+]([O-])C1CCC2C3[N-]C(NC4[N-]C(NC5NC(NC6NC(N3)C3CC([N+](=O)[O-])CCC63)C3CC([N+](=O)[O-])CCC53)C3CC([N+](=O)[O-])CCC43)C2C1.[Cu+2]. The van der Waals surface area contributed by atoms with Crippen LogP contribution >= 0.6 is 0 Å². The van der Waals surface area contributed by atoms with E-state index in [1.54, 1.807) is 0 Å². The zero-order valence-electron chi connectivity index (χ0n) is 29.3. The van der Waals surface area contributed by atoms with Crippen molar-refractivity contribution in [3.05, 3.63) is 51.1 Å². The normalized spacial score (nSPS) is 51.5. The maximum atomic E-state index is 12.0. The van der Waals surface area contributed by atoms with E-state index in [4.69, 9.17) is 10.6 Å². The average Bonchev–Trinajstić information content (AvgIpc) is 3.85. The van der Waals surface area contributed by atoms with Crippen molar-refractivity contribution >= 4 is 0 Å². The van der Waals surface area contributed by atoms with Gasteiger partial charge in [0.25, 0.3) is 0 Å². The van der Waals surface area contributed by atoms with Gasteiger partial charge in [0.2, 0.25) is 24.2 Å². The van der Waals surface area contributed by atoms with E-state index >= 15 is 0 Å². The standard InChI is InChI=1S/C32H50N12O8.Cu/c45-41(46)13-1-5-17-21(9-13)29-33-25(17)37-30-22-10-14(42(47)48)2-6-18(22)27(34-30)39-32-24-12-16(44(51)52)4-8-20(24)28(36-32)40-31-23-11-15(43(49)50)3-7-19(23)26(35-31)38-29;/h13-34,37-40H,1-12H2;/q-2;+2. The Morgan fingerprint density at radius 2 is 0.642 bits per heavy atom. The zero-order valence-corrected chi connectivity index (χ0v) is 30.2. The van der Waals surface area contributed by atoms with Crippen LogP contribution in [0.3, 0.4) is 0 Å². The Hall–Kier alpha value is -2.20. The first kappa shape index (κ1) is 37.7.